The summed E-state index contributed by atoms with van der Waals surface area (Å²) in [7, 11) is 0. The molecule has 4 nitrogen and oxygen atoms in total. The van der Waals surface area contributed by atoms with Crippen molar-refractivity contribution in [3.05, 3.63) is 42.0 Å². The zero-order chi connectivity index (χ0) is 12.7. The summed E-state index contributed by atoms with van der Waals surface area (Å²) in [5.74, 6) is -0.0576. The Balaban J connectivity index is 2.52. The van der Waals surface area contributed by atoms with E-state index in [-0.39, 0.29) is 11.5 Å². The van der Waals surface area contributed by atoms with Crippen molar-refractivity contribution in [3.63, 3.8) is 0 Å². The van der Waals surface area contributed by atoms with Crippen molar-refractivity contribution in [2.75, 3.05) is 0 Å². The number of nitrogens with zero attached hydrogens (tertiary/aromatic N) is 2. The van der Waals surface area contributed by atoms with E-state index in [1.54, 1.807) is 6.07 Å². The van der Waals surface area contributed by atoms with Gasteiger partial charge in [-0.1, -0.05) is 12.1 Å². The Morgan fingerprint density at radius 3 is 2.22 bits per heavy atom. The standard InChI is InChI=1S/C14H10N2O2/c1-8(17)9-6-7-12(18)14-13(9)15-10-4-2-3-5-11(10)16-14/h2-7,18H,1H3. The van der Waals surface area contributed by atoms with E-state index >= 15 is 0 Å². The fourth-order valence-electron chi connectivity index (χ4n) is 1.97. The Kier molecular flexibility index (Phi) is 2.23. The number of carbonyl (C=O) groups is 1. The molecule has 3 aromatic rings. The number of hydrogen-bond acceptors (Lipinski definition) is 4. The molecule has 0 aliphatic rings. The van der Waals surface area contributed by atoms with Crippen LogP contribution < -0.4 is 0 Å². The summed E-state index contributed by atoms with van der Waals surface area (Å²) in [6.07, 6.45) is 0. The number of benzene rings is 2. The summed E-state index contributed by atoms with van der Waals surface area (Å²) < 4.78 is 0. The van der Waals surface area contributed by atoms with Crippen molar-refractivity contribution in [3.8, 4) is 5.75 Å². The average molecular weight is 238 g/mol. The number of phenolic OH excluding ortho intramolecular Hbond substituents is 1. The van der Waals surface area contributed by atoms with Crippen LogP contribution in [-0.2, 0) is 0 Å². The minimum absolute atomic E-state index is 0.0354. The minimum Gasteiger partial charge on any atom is -0.506 e. The number of hydrogen-bond donors (Lipinski definition) is 1. The fourth-order valence-corrected chi connectivity index (χ4v) is 1.97. The van der Waals surface area contributed by atoms with E-state index in [0.29, 0.717) is 27.6 Å². The number of phenols is 1. The predicted molar refractivity (Wildman–Crippen MR) is 68.7 cm³/mol. The van der Waals surface area contributed by atoms with E-state index in [4.69, 9.17) is 0 Å². The van der Waals surface area contributed by atoms with E-state index in [9.17, 15) is 9.90 Å². The van der Waals surface area contributed by atoms with Crippen LogP contribution in [0.2, 0.25) is 0 Å². The number of para-hydroxylation sites is 2. The molecule has 88 valence electrons. The van der Waals surface area contributed by atoms with Gasteiger partial charge in [0.25, 0.3) is 0 Å². The van der Waals surface area contributed by atoms with Crippen molar-refractivity contribution >= 4 is 27.9 Å². The number of ketones is 1. The van der Waals surface area contributed by atoms with Crippen molar-refractivity contribution in [1.82, 2.24) is 9.97 Å². The second-order valence-corrected chi connectivity index (χ2v) is 4.10. The molecule has 0 fully saturated rings. The third kappa shape index (κ3) is 1.50. The van der Waals surface area contributed by atoms with Crippen LogP contribution in [0.1, 0.15) is 17.3 Å². The smallest absolute Gasteiger partial charge is 0.162 e. The van der Waals surface area contributed by atoms with Gasteiger partial charge in [0.15, 0.2) is 5.78 Å². The number of aromatic hydroxyl groups is 1. The molecule has 0 aliphatic heterocycles. The molecule has 0 atom stereocenters. The Morgan fingerprint density at radius 1 is 1.00 bits per heavy atom. The Hall–Kier alpha value is -2.49. The van der Waals surface area contributed by atoms with E-state index < -0.39 is 0 Å². The van der Waals surface area contributed by atoms with Gasteiger partial charge in [-0.15, -0.1) is 0 Å². The molecule has 18 heavy (non-hydrogen) atoms. The van der Waals surface area contributed by atoms with Gasteiger partial charge >= 0.3 is 0 Å². The van der Waals surface area contributed by atoms with Crippen LogP contribution in [0.25, 0.3) is 22.1 Å². The number of Topliss-reactive ketones (excluding diaryl/α,β-unsaturated/α-hetero) is 1. The lowest BCUT2D eigenvalue weighted by molar-refractivity contribution is 0.101. The van der Waals surface area contributed by atoms with Gasteiger partial charge in [0.05, 0.1) is 11.0 Å². The van der Waals surface area contributed by atoms with E-state index in [2.05, 4.69) is 9.97 Å². The molecule has 3 rings (SSSR count). The summed E-state index contributed by atoms with van der Waals surface area (Å²) in [5.41, 5.74) is 2.68. The monoisotopic (exact) mass is 238 g/mol. The Bertz CT molecular complexity index is 781. The largest absolute Gasteiger partial charge is 0.506 e. The van der Waals surface area contributed by atoms with Crippen LogP contribution in [0.5, 0.6) is 5.75 Å². The van der Waals surface area contributed by atoms with Crippen LogP contribution in [0.3, 0.4) is 0 Å². The van der Waals surface area contributed by atoms with Crippen LogP contribution in [0.4, 0.5) is 0 Å². The first-order valence-electron chi connectivity index (χ1n) is 5.56. The molecule has 0 saturated carbocycles. The van der Waals surface area contributed by atoms with Crippen molar-refractivity contribution in [2.45, 2.75) is 6.92 Å². The van der Waals surface area contributed by atoms with Gasteiger partial charge in [0.2, 0.25) is 0 Å². The van der Waals surface area contributed by atoms with Crippen LogP contribution in [0, 0.1) is 0 Å². The first-order chi connectivity index (χ1) is 8.66. The molecule has 0 unspecified atom stereocenters. The first kappa shape index (κ1) is 10.7. The number of rotatable bonds is 1. The molecular formula is C14H10N2O2. The molecule has 4 heteroatoms. The number of aromatic nitrogens is 2. The van der Waals surface area contributed by atoms with Gasteiger partial charge in [0.1, 0.15) is 16.8 Å². The summed E-state index contributed by atoms with van der Waals surface area (Å²) in [5, 5.41) is 9.82. The topological polar surface area (TPSA) is 63.1 Å². The second kappa shape index (κ2) is 3.77. The normalized spacial score (nSPS) is 10.9. The molecule has 0 amide bonds. The lowest BCUT2D eigenvalue weighted by Crippen LogP contribution is -1.97. The quantitative estimate of drug-likeness (QED) is 0.523. The molecule has 0 bridgehead atoms. The van der Waals surface area contributed by atoms with Crippen molar-refractivity contribution in [2.24, 2.45) is 0 Å². The molecule has 0 spiro atoms. The Morgan fingerprint density at radius 2 is 1.61 bits per heavy atom. The summed E-state index contributed by atoms with van der Waals surface area (Å²) in [6.45, 7) is 1.47. The lowest BCUT2D eigenvalue weighted by atomic mass is 10.1. The van der Waals surface area contributed by atoms with Gasteiger partial charge < -0.3 is 5.11 Å². The SMILES string of the molecule is CC(=O)c1ccc(O)c2nc3ccccc3nc12. The molecular weight excluding hydrogens is 228 g/mol. The molecule has 1 N–H and O–H groups in total. The highest BCUT2D eigenvalue weighted by atomic mass is 16.3. The highest BCUT2D eigenvalue weighted by Gasteiger charge is 2.12. The lowest BCUT2D eigenvalue weighted by Gasteiger charge is -2.05. The third-order valence-electron chi connectivity index (χ3n) is 2.86. The molecule has 0 radical (unpaired) electrons. The molecule has 1 heterocycles. The third-order valence-corrected chi connectivity index (χ3v) is 2.86. The summed E-state index contributed by atoms with van der Waals surface area (Å²) >= 11 is 0. The second-order valence-electron chi connectivity index (χ2n) is 4.10. The minimum atomic E-state index is -0.0930. The molecule has 0 aliphatic carbocycles. The van der Waals surface area contributed by atoms with Gasteiger partial charge in [-0.2, -0.15) is 0 Å². The maximum Gasteiger partial charge on any atom is 0.162 e. The highest BCUT2D eigenvalue weighted by molar-refractivity contribution is 6.07. The predicted octanol–water partition coefficient (Wildman–Crippen LogP) is 2.69. The number of fused-ring (bicyclic) bond motifs is 2. The van der Waals surface area contributed by atoms with Gasteiger partial charge in [-0.05, 0) is 31.2 Å². The molecule has 0 saturated heterocycles. The molecule has 2 aromatic carbocycles. The van der Waals surface area contributed by atoms with Crippen LogP contribution >= 0.6 is 0 Å². The Labute approximate surface area is 103 Å². The average Bonchev–Trinajstić information content (AvgIpc) is 2.37. The molecule has 1 aromatic heterocycles. The van der Waals surface area contributed by atoms with Crippen molar-refractivity contribution in [1.29, 1.82) is 0 Å². The zero-order valence-electron chi connectivity index (χ0n) is 9.71. The van der Waals surface area contributed by atoms with Crippen molar-refractivity contribution < 1.29 is 9.90 Å². The maximum atomic E-state index is 11.6. The first-order valence-corrected chi connectivity index (χ1v) is 5.56. The number of carbonyl (C=O) groups excluding carboxylic acids is 1. The van der Waals surface area contributed by atoms with Gasteiger partial charge in [-0.25, -0.2) is 9.97 Å². The van der Waals surface area contributed by atoms with Gasteiger partial charge in [-0.3, -0.25) is 4.79 Å². The maximum absolute atomic E-state index is 11.6. The zero-order valence-corrected chi connectivity index (χ0v) is 9.71. The van der Waals surface area contributed by atoms with E-state index in [1.807, 2.05) is 24.3 Å². The summed E-state index contributed by atoms with van der Waals surface area (Å²) in [6, 6.07) is 10.4. The van der Waals surface area contributed by atoms with Crippen LogP contribution in [0.15, 0.2) is 36.4 Å². The van der Waals surface area contributed by atoms with E-state index in [1.165, 1.54) is 13.0 Å². The van der Waals surface area contributed by atoms with Crippen LogP contribution in [-0.4, -0.2) is 20.9 Å². The fraction of sp³-hybridized carbons (Fsp3) is 0.0714. The van der Waals surface area contributed by atoms with Gasteiger partial charge in [0, 0.05) is 5.56 Å². The van der Waals surface area contributed by atoms with E-state index in [0.717, 1.165) is 0 Å². The highest BCUT2D eigenvalue weighted by Crippen LogP contribution is 2.26. The summed E-state index contributed by atoms with van der Waals surface area (Å²) in [4.78, 5) is 20.3.